The van der Waals surface area contributed by atoms with Gasteiger partial charge in [0, 0.05) is 43.0 Å². The van der Waals surface area contributed by atoms with Crippen LogP contribution in [-0.2, 0) is 16.0 Å². The fourth-order valence-corrected chi connectivity index (χ4v) is 4.61. The van der Waals surface area contributed by atoms with E-state index in [0.29, 0.717) is 55.6 Å². The molecule has 0 atom stereocenters. The Morgan fingerprint density at radius 2 is 1.76 bits per heavy atom. The van der Waals surface area contributed by atoms with Crippen LogP contribution in [0, 0.1) is 5.92 Å². The third kappa shape index (κ3) is 8.33. The Bertz CT molecular complexity index is 1350. The standard InChI is InChI=1S/C31H39N5O5/c1-31(2,3)41-30(38)36-17-13-22(14-18-36)28(37)34-24-8-6-7-23(20-24)25-12-16-33-29(35-25)32-15-11-21-9-10-26(39-4)27(19-21)40-5/h6-10,12,16,19-20,22H,11,13-15,17-18H2,1-5H3,(H,34,37)(H,32,33,35). The SMILES string of the molecule is COc1ccc(CCNc2nccc(-c3cccc(NC(=O)C4CCN(C(=O)OC(C)(C)C)CC4)c3)n2)cc1OC. The average Bonchev–Trinajstić information content (AvgIpc) is 2.96. The molecule has 2 N–H and O–H groups in total. The number of anilines is 2. The van der Waals surface area contributed by atoms with Crippen molar-refractivity contribution in [3.8, 4) is 22.8 Å². The number of nitrogens with zero attached hydrogens (tertiary/aromatic N) is 3. The molecule has 0 spiro atoms. The van der Waals surface area contributed by atoms with E-state index in [9.17, 15) is 9.59 Å². The lowest BCUT2D eigenvalue weighted by Gasteiger charge is -2.32. The van der Waals surface area contributed by atoms with Gasteiger partial charge in [-0.1, -0.05) is 18.2 Å². The summed E-state index contributed by atoms with van der Waals surface area (Å²) < 4.78 is 16.1. The van der Waals surface area contributed by atoms with E-state index in [1.54, 1.807) is 25.3 Å². The highest BCUT2D eigenvalue weighted by Gasteiger charge is 2.30. The molecule has 1 aliphatic rings. The van der Waals surface area contributed by atoms with Crippen molar-refractivity contribution in [3.05, 3.63) is 60.3 Å². The topological polar surface area (TPSA) is 115 Å². The first-order valence-electron chi connectivity index (χ1n) is 13.8. The van der Waals surface area contributed by atoms with Crippen molar-refractivity contribution < 1.29 is 23.8 Å². The average molecular weight is 562 g/mol. The first kappa shape index (κ1) is 29.6. The third-order valence-electron chi connectivity index (χ3n) is 6.74. The molecule has 3 aromatic rings. The minimum Gasteiger partial charge on any atom is -0.493 e. The minimum atomic E-state index is -0.539. The van der Waals surface area contributed by atoms with Crippen LogP contribution in [0.25, 0.3) is 11.3 Å². The van der Waals surface area contributed by atoms with Crippen LogP contribution in [0.5, 0.6) is 11.5 Å². The number of aromatic nitrogens is 2. The van der Waals surface area contributed by atoms with Gasteiger partial charge in [-0.15, -0.1) is 0 Å². The summed E-state index contributed by atoms with van der Waals surface area (Å²) in [6.45, 7) is 7.17. The smallest absolute Gasteiger partial charge is 0.410 e. The fraction of sp³-hybridized carbons (Fsp3) is 0.419. The molecular formula is C31H39N5O5. The van der Waals surface area contributed by atoms with Crippen LogP contribution in [0.3, 0.4) is 0 Å². The number of nitrogens with one attached hydrogen (secondary N) is 2. The number of carbonyl (C=O) groups is 2. The molecule has 2 heterocycles. The molecule has 1 fully saturated rings. The number of ether oxygens (including phenoxy) is 3. The molecule has 1 aromatic heterocycles. The molecule has 1 saturated heterocycles. The molecule has 0 unspecified atom stereocenters. The Kier molecular flexibility index (Phi) is 9.65. The van der Waals surface area contributed by atoms with Crippen molar-refractivity contribution in [2.24, 2.45) is 5.92 Å². The maximum absolute atomic E-state index is 13.0. The van der Waals surface area contributed by atoms with Gasteiger partial charge in [0.2, 0.25) is 11.9 Å². The quantitative estimate of drug-likeness (QED) is 0.357. The Labute approximate surface area is 241 Å². The number of amides is 2. The molecular weight excluding hydrogens is 522 g/mol. The number of likely N-dealkylation sites (tertiary alicyclic amines) is 1. The Morgan fingerprint density at radius 3 is 2.46 bits per heavy atom. The molecule has 0 bridgehead atoms. The maximum Gasteiger partial charge on any atom is 0.410 e. The molecule has 41 heavy (non-hydrogen) atoms. The van der Waals surface area contributed by atoms with Crippen LogP contribution in [0.2, 0.25) is 0 Å². The highest BCUT2D eigenvalue weighted by Crippen LogP contribution is 2.28. The molecule has 0 saturated carbocycles. The zero-order valence-electron chi connectivity index (χ0n) is 24.4. The number of methoxy groups -OCH3 is 2. The van der Waals surface area contributed by atoms with E-state index >= 15 is 0 Å². The van der Waals surface area contributed by atoms with Crippen LogP contribution < -0.4 is 20.1 Å². The van der Waals surface area contributed by atoms with E-state index in [1.807, 2.05) is 69.3 Å². The van der Waals surface area contributed by atoms with E-state index in [4.69, 9.17) is 14.2 Å². The number of carbonyl (C=O) groups excluding carboxylic acids is 2. The van der Waals surface area contributed by atoms with Gasteiger partial charge in [0.25, 0.3) is 0 Å². The van der Waals surface area contributed by atoms with E-state index in [1.165, 1.54) is 0 Å². The summed E-state index contributed by atoms with van der Waals surface area (Å²) in [5.74, 6) is 1.70. The van der Waals surface area contributed by atoms with Gasteiger partial charge in [0.15, 0.2) is 11.5 Å². The number of piperidine rings is 1. The molecule has 218 valence electrons. The Hall–Kier alpha value is -4.34. The lowest BCUT2D eigenvalue weighted by atomic mass is 9.96. The zero-order chi connectivity index (χ0) is 29.4. The second-order valence-corrected chi connectivity index (χ2v) is 10.9. The maximum atomic E-state index is 13.0. The van der Waals surface area contributed by atoms with Gasteiger partial charge in [0.1, 0.15) is 5.60 Å². The summed E-state index contributed by atoms with van der Waals surface area (Å²) in [6, 6.07) is 15.3. The molecule has 2 amide bonds. The van der Waals surface area contributed by atoms with Crippen LogP contribution in [0.1, 0.15) is 39.2 Å². The van der Waals surface area contributed by atoms with Gasteiger partial charge in [-0.05, 0) is 75.9 Å². The second kappa shape index (κ2) is 13.3. The largest absolute Gasteiger partial charge is 0.493 e. The lowest BCUT2D eigenvalue weighted by Crippen LogP contribution is -2.43. The molecule has 10 nitrogen and oxygen atoms in total. The summed E-state index contributed by atoms with van der Waals surface area (Å²) in [5, 5.41) is 6.32. The van der Waals surface area contributed by atoms with E-state index in [0.717, 1.165) is 23.2 Å². The Morgan fingerprint density at radius 1 is 1.00 bits per heavy atom. The summed E-state index contributed by atoms with van der Waals surface area (Å²) in [5.41, 5.74) is 2.88. The van der Waals surface area contributed by atoms with Crippen LogP contribution >= 0.6 is 0 Å². The predicted octanol–water partition coefficient (Wildman–Crippen LogP) is 5.40. The number of rotatable bonds is 9. The zero-order valence-corrected chi connectivity index (χ0v) is 24.4. The van der Waals surface area contributed by atoms with Gasteiger partial charge in [-0.3, -0.25) is 4.79 Å². The van der Waals surface area contributed by atoms with Gasteiger partial charge >= 0.3 is 6.09 Å². The minimum absolute atomic E-state index is 0.0498. The van der Waals surface area contributed by atoms with Gasteiger partial charge in [-0.2, -0.15) is 0 Å². The number of benzene rings is 2. The summed E-state index contributed by atoms with van der Waals surface area (Å²) in [6.07, 6.45) is 3.32. The monoisotopic (exact) mass is 561 g/mol. The van der Waals surface area contributed by atoms with Gasteiger partial charge in [0.05, 0.1) is 19.9 Å². The molecule has 10 heteroatoms. The van der Waals surface area contributed by atoms with E-state index in [-0.39, 0.29) is 17.9 Å². The molecule has 0 radical (unpaired) electrons. The van der Waals surface area contributed by atoms with Crippen LogP contribution in [0.15, 0.2) is 54.7 Å². The van der Waals surface area contributed by atoms with E-state index < -0.39 is 5.60 Å². The van der Waals surface area contributed by atoms with Crippen LogP contribution in [-0.4, -0.2) is 66.3 Å². The van der Waals surface area contributed by atoms with Crippen molar-refractivity contribution in [3.63, 3.8) is 0 Å². The molecule has 4 rings (SSSR count). The number of hydrogen-bond donors (Lipinski definition) is 2. The molecule has 0 aliphatic carbocycles. The first-order valence-corrected chi connectivity index (χ1v) is 13.8. The summed E-state index contributed by atoms with van der Waals surface area (Å²) >= 11 is 0. The lowest BCUT2D eigenvalue weighted by molar-refractivity contribution is -0.121. The van der Waals surface area contributed by atoms with Crippen LogP contribution in [0.4, 0.5) is 16.4 Å². The highest BCUT2D eigenvalue weighted by molar-refractivity contribution is 5.93. The molecule has 1 aliphatic heterocycles. The summed E-state index contributed by atoms with van der Waals surface area (Å²) in [4.78, 5) is 36.0. The highest BCUT2D eigenvalue weighted by atomic mass is 16.6. The first-order chi connectivity index (χ1) is 19.6. The van der Waals surface area contributed by atoms with E-state index in [2.05, 4.69) is 20.6 Å². The van der Waals surface area contributed by atoms with Crippen molar-refractivity contribution >= 4 is 23.6 Å². The summed E-state index contributed by atoms with van der Waals surface area (Å²) in [7, 11) is 3.24. The fourth-order valence-electron chi connectivity index (χ4n) is 4.61. The van der Waals surface area contributed by atoms with Crippen molar-refractivity contribution in [2.45, 2.75) is 45.6 Å². The normalized spacial score (nSPS) is 13.8. The van der Waals surface area contributed by atoms with Crippen molar-refractivity contribution in [1.82, 2.24) is 14.9 Å². The van der Waals surface area contributed by atoms with Crippen molar-refractivity contribution in [2.75, 3.05) is 44.5 Å². The van der Waals surface area contributed by atoms with Gasteiger partial charge < -0.3 is 29.7 Å². The molecule has 2 aromatic carbocycles. The van der Waals surface area contributed by atoms with Gasteiger partial charge in [-0.25, -0.2) is 14.8 Å². The van der Waals surface area contributed by atoms with Crippen molar-refractivity contribution in [1.29, 1.82) is 0 Å². The number of hydrogen-bond acceptors (Lipinski definition) is 8. The predicted molar refractivity (Wildman–Crippen MR) is 158 cm³/mol. The Balaban J connectivity index is 1.31. The second-order valence-electron chi connectivity index (χ2n) is 10.9. The third-order valence-corrected chi connectivity index (χ3v) is 6.74.